The van der Waals surface area contributed by atoms with Crippen LogP contribution in [-0.4, -0.2) is 31.1 Å². The number of benzene rings is 1. The second-order valence-corrected chi connectivity index (χ2v) is 6.44. The van der Waals surface area contributed by atoms with Crippen LogP contribution in [-0.2, 0) is 4.79 Å². The Hall–Kier alpha value is -2.24. The van der Waals surface area contributed by atoms with Crippen molar-refractivity contribution in [1.29, 1.82) is 0 Å². The fourth-order valence-corrected chi connectivity index (χ4v) is 3.16. The van der Waals surface area contributed by atoms with Gasteiger partial charge in [-0.15, -0.1) is 0 Å². The zero-order chi connectivity index (χ0) is 16.6. The van der Waals surface area contributed by atoms with Crippen LogP contribution in [0.5, 0.6) is 5.75 Å². The summed E-state index contributed by atoms with van der Waals surface area (Å²) in [5.74, 6) is 0.874. The number of hydrogen-bond acceptors (Lipinski definition) is 3. The maximum absolute atomic E-state index is 12.3. The van der Waals surface area contributed by atoms with Crippen LogP contribution in [0.15, 0.2) is 12.1 Å². The molecule has 2 aliphatic heterocycles. The van der Waals surface area contributed by atoms with Crippen molar-refractivity contribution in [3.8, 4) is 5.75 Å². The third kappa shape index (κ3) is 2.98. The van der Waals surface area contributed by atoms with E-state index in [0.717, 1.165) is 23.3 Å². The number of carbonyl (C=O) groups is 2. The molecular formula is C17H23N3O3. The predicted molar refractivity (Wildman–Crippen MR) is 86.4 cm³/mol. The summed E-state index contributed by atoms with van der Waals surface area (Å²) in [6.07, 6.45) is 0.866. The second-order valence-electron chi connectivity index (χ2n) is 6.44. The number of fused-ring (bicyclic) bond motifs is 1. The molecule has 1 fully saturated rings. The maximum atomic E-state index is 12.3. The van der Waals surface area contributed by atoms with Crippen LogP contribution in [0.2, 0.25) is 0 Å². The van der Waals surface area contributed by atoms with E-state index in [4.69, 9.17) is 4.74 Å². The molecule has 1 aromatic carbocycles. The summed E-state index contributed by atoms with van der Waals surface area (Å²) in [7, 11) is 0. The van der Waals surface area contributed by atoms with Gasteiger partial charge in [-0.3, -0.25) is 4.79 Å². The summed E-state index contributed by atoms with van der Waals surface area (Å²) in [6, 6.07) is 3.02. The molecule has 2 heterocycles. The molecule has 0 aromatic heterocycles. The molecule has 1 saturated heterocycles. The fourth-order valence-electron chi connectivity index (χ4n) is 3.16. The molecule has 2 aliphatic rings. The van der Waals surface area contributed by atoms with E-state index in [1.165, 1.54) is 5.56 Å². The number of ether oxygens (including phenoxy) is 1. The van der Waals surface area contributed by atoms with E-state index in [1.807, 2.05) is 32.9 Å². The number of amides is 3. The zero-order valence-electron chi connectivity index (χ0n) is 13.7. The Morgan fingerprint density at radius 1 is 1.30 bits per heavy atom. The average molecular weight is 317 g/mol. The van der Waals surface area contributed by atoms with Crippen LogP contribution in [0.1, 0.15) is 36.1 Å². The van der Waals surface area contributed by atoms with E-state index >= 15 is 0 Å². The standard InChI is InChI=1S/C17H23N3O3/c1-9-4-5-12-13(8-23-15(12)11(9)3)19-17(22)20-14-10(2)6-7-18-16(14)21/h4-5,10,13-14H,6-8H2,1-3H3,(H,18,21)(H2,19,20,22). The SMILES string of the molecule is Cc1ccc2c(c1C)OCC2NC(=O)NC1C(=O)NCCC1C. The quantitative estimate of drug-likeness (QED) is 0.774. The fraction of sp³-hybridized carbons (Fsp3) is 0.529. The van der Waals surface area contributed by atoms with Gasteiger partial charge in [0.1, 0.15) is 18.4 Å². The van der Waals surface area contributed by atoms with E-state index in [0.29, 0.717) is 13.2 Å². The highest BCUT2D eigenvalue weighted by molar-refractivity contribution is 5.88. The highest BCUT2D eigenvalue weighted by atomic mass is 16.5. The first-order valence-electron chi connectivity index (χ1n) is 8.05. The van der Waals surface area contributed by atoms with E-state index < -0.39 is 6.04 Å². The number of urea groups is 1. The van der Waals surface area contributed by atoms with Crippen LogP contribution >= 0.6 is 0 Å². The van der Waals surface area contributed by atoms with E-state index in [1.54, 1.807) is 0 Å². The van der Waals surface area contributed by atoms with Crippen molar-refractivity contribution in [2.45, 2.75) is 39.3 Å². The van der Waals surface area contributed by atoms with Gasteiger partial charge >= 0.3 is 6.03 Å². The van der Waals surface area contributed by atoms with Gasteiger partial charge in [0.25, 0.3) is 0 Å². The number of hydrogen-bond donors (Lipinski definition) is 3. The first-order valence-corrected chi connectivity index (χ1v) is 8.05. The van der Waals surface area contributed by atoms with E-state index in [-0.39, 0.29) is 23.9 Å². The minimum absolute atomic E-state index is 0.117. The van der Waals surface area contributed by atoms with E-state index in [2.05, 4.69) is 16.0 Å². The molecule has 3 unspecified atom stereocenters. The molecule has 0 radical (unpaired) electrons. The number of rotatable bonds is 2. The number of aryl methyl sites for hydroxylation is 1. The first kappa shape index (κ1) is 15.6. The smallest absolute Gasteiger partial charge is 0.316 e. The Kier molecular flexibility index (Phi) is 4.15. The van der Waals surface area contributed by atoms with Crippen molar-refractivity contribution < 1.29 is 14.3 Å². The highest BCUT2D eigenvalue weighted by Crippen LogP contribution is 2.36. The highest BCUT2D eigenvalue weighted by Gasteiger charge is 2.32. The molecule has 3 rings (SSSR count). The molecule has 3 amide bonds. The Balaban J connectivity index is 1.66. The molecule has 0 aliphatic carbocycles. The second kappa shape index (κ2) is 6.10. The molecule has 6 heteroatoms. The van der Waals surface area contributed by atoms with Crippen LogP contribution in [0.4, 0.5) is 4.79 Å². The molecule has 0 saturated carbocycles. The summed E-state index contributed by atoms with van der Waals surface area (Å²) in [4.78, 5) is 24.1. The minimum Gasteiger partial charge on any atom is -0.490 e. The molecule has 0 bridgehead atoms. The monoisotopic (exact) mass is 317 g/mol. The Morgan fingerprint density at radius 2 is 2.09 bits per heavy atom. The summed E-state index contributed by atoms with van der Waals surface area (Å²) in [5, 5.41) is 8.48. The minimum atomic E-state index is -0.481. The molecule has 3 atom stereocenters. The van der Waals surface area contributed by atoms with Crippen LogP contribution in [0, 0.1) is 19.8 Å². The molecule has 6 nitrogen and oxygen atoms in total. The van der Waals surface area contributed by atoms with Crippen molar-refractivity contribution in [1.82, 2.24) is 16.0 Å². The zero-order valence-corrected chi connectivity index (χ0v) is 13.7. The molecule has 124 valence electrons. The molecular weight excluding hydrogens is 294 g/mol. The third-order valence-corrected chi connectivity index (χ3v) is 4.82. The van der Waals surface area contributed by atoms with Crippen LogP contribution in [0.25, 0.3) is 0 Å². The van der Waals surface area contributed by atoms with Crippen molar-refractivity contribution in [2.24, 2.45) is 5.92 Å². The summed E-state index contributed by atoms with van der Waals surface area (Å²) < 4.78 is 5.73. The molecule has 1 aromatic rings. The average Bonchev–Trinajstić information content (AvgIpc) is 2.90. The van der Waals surface area contributed by atoms with Crippen molar-refractivity contribution in [3.63, 3.8) is 0 Å². The van der Waals surface area contributed by atoms with Crippen molar-refractivity contribution in [2.75, 3.05) is 13.2 Å². The third-order valence-electron chi connectivity index (χ3n) is 4.82. The summed E-state index contributed by atoms with van der Waals surface area (Å²) in [6.45, 7) is 7.12. The largest absolute Gasteiger partial charge is 0.490 e. The Labute approximate surface area is 136 Å². The van der Waals surface area contributed by atoms with Gasteiger partial charge in [-0.25, -0.2) is 4.79 Å². The number of carbonyl (C=O) groups excluding carboxylic acids is 2. The van der Waals surface area contributed by atoms with Crippen molar-refractivity contribution in [3.05, 3.63) is 28.8 Å². The normalized spacial score (nSPS) is 26.0. The van der Waals surface area contributed by atoms with Gasteiger partial charge in [-0.05, 0) is 37.3 Å². The van der Waals surface area contributed by atoms with Crippen molar-refractivity contribution >= 4 is 11.9 Å². The van der Waals surface area contributed by atoms with Gasteiger partial charge in [-0.2, -0.15) is 0 Å². The number of piperidine rings is 1. The lowest BCUT2D eigenvalue weighted by Gasteiger charge is -2.29. The van der Waals surface area contributed by atoms with Gasteiger partial charge < -0.3 is 20.7 Å². The van der Waals surface area contributed by atoms with Crippen LogP contribution in [0.3, 0.4) is 0 Å². The summed E-state index contributed by atoms with van der Waals surface area (Å²) >= 11 is 0. The van der Waals surface area contributed by atoms with Crippen LogP contribution < -0.4 is 20.7 Å². The topological polar surface area (TPSA) is 79.5 Å². The van der Waals surface area contributed by atoms with Gasteiger partial charge in [0, 0.05) is 12.1 Å². The van der Waals surface area contributed by atoms with Gasteiger partial charge in [0.2, 0.25) is 5.91 Å². The number of nitrogens with one attached hydrogen (secondary N) is 3. The molecule has 23 heavy (non-hydrogen) atoms. The van der Waals surface area contributed by atoms with E-state index in [9.17, 15) is 9.59 Å². The maximum Gasteiger partial charge on any atom is 0.316 e. The first-order chi connectivity index (χ1) is 11.0. The lowest BCUT2D eigenvalue weighted by molar-refractivity contribution is -0.125. The lowest BCUT2D eigenvalue weighted by atomic mass is 9.94. The lowest BCUT2D eigenvalue weighted by Crippen LogP contribution is -2.56. The van der Waals surface area contributed by atoms with Gasteiger partial charge in [-0.1, -0.05) is 19.1 Å². The Morgan fingerprint density at radius 3 is 2.83 bits per heavy atom. The van der Waals surface area contributed by atoms with Gasteiger partial charge in [0.05, 0.1) is 6.04 Å². The molecule has 0 spiro atoms. The Bertz CT molecular complexity index is 644. The van der Waals surface area contributed by atoms with Gasteiger partial charge in [0.15, 0.2) is 0 Å². The predicted octanol–water partition coefficient (Wildman–Crippen LogP) is 1.56. The summed E-state index contributed by atoms with van der Waals surface area (Å²) in [5.41, 5.74) is 3.26. The molecule has 3 N–H and O–H groups in total.